The highest BCUT2D eigenvalue weighted by molar-refractivity contribution is 5.96. The van der Waals surface area contributed by atoms with Crippen molar-refractivity contribution in [3.8, 4) is 11.1 Å². The van der Waals surface area contributed by atoms with E-state index in [1.165, 1.54) is 12.1 Å². The number of rotatable bonds is 3. The molecule has 4 heteroatoms. The van der Waals surface area contributed by atoms with Crippen LogP contribution in [0.15, 0.2) is 42.6 Å². The third kappa shape index (κ3) is 2.23. The molecule has 3 nitrogen and oxygen atoms in total. The number of carbonyl (C=O) groups excluding carboxylic acids is 1. The van der Waals surface area contributed by atoms with Crippen molar-refractivity contribution in [3.63, 3.8) is 0 Å². The minimum Gasteiger partial charge on any atom is -0.298 e. The molecule has 1 aromatic carbocycles. The number of carbonyl (C=O) groups is 1. The first-order chi connectivity index (χ1) is 10.1. The van der Waals surface area contributed by atoms with E-state index in [0.717, 1.165) is 28.6 Å². The third-order valence-electron chi connectivity index (χ3n) is 3.54. The van der Waals surface area contributed by atoms with Gasteiger partial charge in [0.25, 0.3) is 0 Å². The predicted molar refractivity (Wildman–Crippen MR) is 80.1 cm³/mol. The second-order valence-electron chi connectivity index (χ2n) is 5.29. The molecular formula is C17H15FN2O. The zero-order valence-electron chi connectivity index (χ0n) is 11.9. The summed E-state index contributed by atoms with van der Waals surface area (Å²) >= 11 is 0. The summed E-state index contributed by atoms with van der Waals surface area (Å²) in [7, 11) is 0. The molecule has 0 amide bonds. The van der Waals surface area contributed by atoms with Gasteiger partial charge in [0.1, 0.15) is 5.82 Å². The van der Waals surface area contributed by atoms with Crippen molar-refractivity contribution in [1.29, 1.82) is 0 Å². The van der Waals surface area contributed by atoms with Crippen molar-refractivity contribution < 1.29 is 9.18 Å². The highest BCUT2D eigenvalue weighted by Crippen LogP contribution is 2.31. The number of benzene rings is 1. The van der Waals surface area contributed by atoms with E-state index in [2.05, 4.69) is 5.10 Å². The number of nitrogens with zero attached hydrogens (tertiary/aromatic N) is 2. The summed E-state index contributed by atoms with van der Waals surface area (Å²) in [5.41, 5.74) is 3.77. The zero-order chi connectivity index (χ0) is 15.0. The van der Waals surface area contributed by atoms with Gasteiger partial charge in [-0.25, -0.2) is 8.91 Å². The lowest BCUT2D eigenvalue weighted by Gasteiger charge is -2.14. The summed E-state index contributed by atoms with van der Waals surface area (Å²) in [6, 6.07) is 9.97. The summed E-state index contributed by atoms with van der Waals surface area (Å²) in [5.74, 6) is -0.174. The van der Waals surface area contributed by atoms with Gasteiger partial charge in [-0.3, -0.25) is 4.79 Å². The Hall–Kier alpha value is -2.49. The molecule has 0 radical (unpaired) electrons. The molecule has 0 fully saturated rings. The van der Waals surface area contributed by atoms with Gasteiger partial charge in [-0.1, -0.05) is 26.0 Å². The smallest absolute Gasteiger partial charge is 0.152 e. The zero-order valence-corrected chi connectivity index (χ0v) is 11.9. The number of hydrogen-bond donors (Lipinski definition) is 0. The standard InChI is InChI=1S/C17H15FN2O/c1-11(2)17-14(10-21)16(12-5-7-13(18)8-6-12)15-4-3-9-20(15)19-17/h3-11H,1-2H3. The van der Waals surface area contributed by atoms with Gasteiger partial charge < -0.3 is 0 Å². The van der Waals surface area contributed by atoms with Gasteiger partial charge in [0.05, 0.1) is 11.2 Å². The molecule has 0 N–H and O–H groups in total. The molecule has 0 aliphatic rings. The second-order valence-corrected chi connectivity index (χ2v) is 5.29. The number of fused-ring (bicyclic) bond motifs is 1. The van der Waals surface area contributed by atoms with Gasteiger partial charge in [-0.05, 0) is 35.7 Å². The maximum atomic E-state index is 13.2. The average Bonchev–Trinajstić information content (AvgIpc) is 2.94. The van der Waals surface area contributed by atoms with Crippen molar-refractivity contribution >= 4 is 11.8 Å². The van der Waals surface area contributed by atoms with Gasteiger partial charge >= 0.3 is 0 Å². The summed E-state index contributed by atoms with van der Waals surface area (Å²) in [6.45, 7) is 4.00. The molecule has 21 heavy (non-hydrogen) atoms. The molecule has 0 atom stereocenters. The van der Waals surface area contributed by atoms with Crippen LogP contribution in [0.25, 0.3) is 16.6 Å². The van der Waals surface area contributed by atoms with Gasteiger partial charge in [-0.15, -0.1) is 0 Å². The first-order valence-electron chi connectivity index (χ1n) is 6.84. The maximum Gasteiger partial charge on any atom is 0.152 e. The molecule has 0 unspecified atom stereocenters. The fourth-order valence-electron chi connectivity index (χ4n) is 2.56. The summed E-state index contributed by atoms with van der Waals surface area (Å²) in [4.78, 5) is 11.6. The number of aromatic nitrogens is 2. The van der Waals surface area contributed by atoms with E-state index in [4.69, 9.17) is 0 Å². The van der Waals surface area contributed by atoms with Crippen LogP contribution < -0.4 is 0 Å². The molecule has 106 valence electrons. The number of hydrogen-bond acceptors (Lipinski definition) is 2. The Labute approximate surface area is 122 Å². The summed E-state index contributed by atoms with van der Waals surface area (Å²) < 4.78 is 14.9. The van der Waals surface area contributed by atoms with Gasteiger partial charge in [0.15, 0.2) is 6.29 Å². The van der Waals surface area contributed by atoms with E-state index in [9.17, 15) is 9.18 Å². The van der Waals surface area contributed by atoms with E-state index in [0.29, 0.717) is 5.56 Å². The molecule has 2 aromatic heterocycles. The van der Waals surface area contributed by atoms with Crippen molar-refractivity contribution in [1.82, 2.24) is 9.61 Å². The predicted octanol–water partition coefficient (Wildman–Crippen LogP) is 4.08. The Morgan fingerprint density at radius 3 is 2.52 bits per heavy atom. The van der Waals surface area contributed by atoms with Crippen LogP contribution in [-0.2, 0) is 0 Å². The van der Waals surface area contributed by atoms with Crippen LogP contribution in [0.5, 0.6) is 0 Å². The molecule has 2 heterocycles. The Kier molecular flexibility index (Phi) is 3.29. The van der Waals surface area contributed by atoms with Crippen molar-refractivity contribution in [3.05, 3.63) is 59.7 Å². The lowest BCUT2D eigenvalue weighted by atomic mass is 9.95. The molecule has 0 aliphatic carbocycles. The molecule has 0 saturated carbocycles. The Morgan fingerprint density at radius 1 is 1.19 bits per heavy atom. The summed E-state index contributed by atoms with van der Waals surface area (Å²) in [5, 5.41) is 4.52. The lowest BCUT2D eigenvalue weighted by Crippen LogP contribution is -2.07. The summed E-state index contributed by atoms with van der Waals surface area (Å²) in [6.07, 6.45) is 2.69. The first kappa shape index (κ1) is 13.5. The maximum absolute atomic E-state index is 13.2. The molecule has 0 aliphatic heterocycles. The quantitative estimate of drug-likeness (QED) is 0.678. The third-order valence-corrected chi connectivity index (χ3v) is 3.54. The Bertz CT molecular complexity index is 804. The number of halogens is 1. The minimum atomic E-state index is -0.295. The highest BCUT2D eigenvalue weighted by Gasteiger charge is 2.18. The number of aldehydes is 1. The van der Waals surface area contributed by atoms with Crippen LogP contribution in [0.2, 0.25) is 0 Å². The highest BCUT2D eigenvalue weighted by atomic mass is 19.1. The van der Waals surface area contributed by atoms with Crippen LogP contribution in [0.3, 0.4) is 0 Å². The van der Waals surface area contributed by atoms with E-state index in [-0.39, 0.29) is 11.7 Å². The lowest BCUT2D eigenvalue weighted by molar-refractivity contribution is 0.112. The topological polar surface area (TPSA) is 34.4 Å². The van der Waals surface area contributed by atoms with Gasteiger partial charge in [0.2, 0.25) is 0 Å². The van der Waals surface area contributed by atoms with E-state index in [1.807, 2.05) is 32.2 Å². The second kappa shape index (κ2) is 5.13. The van der Waals surface area contributed by atoms with Gasteiger partial charge in [0, 0.05) is 17.3 Å². The van der Waals surface area contributed by atoms with Gasteiger partial charge in [-0.2, -0.15) is 5.10 Å². The minimum absolute atomic E-state index is 0.121. The Balaban J connectivity index is 2.40. The van der Waals surface area contributed by atoms with Crippen LogP contribution in [-0.4, -0.2) is 15.9 Å². The average molecular weight is 282 g/mol. The normalized spacial score (nSPS) is 11.2. The van der Waals surface area contributed by atoms with E-state index >= 15 is 0 Å². The van der Waals surface area contributed by atoms with Crippen molar-refractivity contribution in [2.75, 3.05) is 0 Å². The largest absolute Gasteiger partial charge is 0.298 e. The fraction of sp³-hybridized carbons (Fsp3) is 0.176. The first-order valence-corrected chi connectivity index (χ1v) is 6.84. The molecule has 3 aromatic rings. The molecule has 0 spiro atoms. The van der Waals surface area contributed by atoms with Crippen LogP contribution >= 0.6 is 0 Å². The van der Waals surface area contributed by atoms with Crippen LogP contribution in [0, 0.1) is 5.82 Å². The van der Waals surface area contributed by atoms with Crippen LogP contribution in [0.4, 0.5) is 4.39 Å². The molecule has 3 rings (SSSR count). The Morgan fingerprint density at radius 2 is 1.90 bits per heavy atom. The fourth-order valence-corrected chi connectivity index (χ4v) is 2.56. The van der Waals surface area contributed by atoms with Crippen molar-refractivity contribution in [2.24, 2.45) is 0 Å². The van der Waals surface area contributed by atoms with E-state index < -0.39 is 0 Å². The molecular weight excluding hydrogens is 267 g/mol. The molecule has 0 bridgehead atoms. The monoisotopic (exact) mass is 282 g/mol. The van der Waals surface area contributed by atoms with Crippen molar-refractivity contribution in [2.45, 2.75) is 19.8 Å². The SMILES string of the molecule is CC(C)c1nn2cccc2c(-c2ccc(F)cc2)c1C=O. The van der Waals surface area contributed by atoms with Crippen LogP contribution in [0.1, 0.15) is 35.8 Å². The molecule has 0 saturated heterocycles. The van der Waals surface area contributed by atoms with E-state index in [1.54, 1.807) is 16.6 Å².